The fourth-order valence-electron chi connectivity index (χ4n) is 3.15. The molecule has 4 aromatic rings. The molecular weight excluding hydrogens is 407 g/mol. The van der Waals surface area contributed by atoms with E-state index in [1.54, 1.807) is 7.05 Å². The topological polar surface area (TPSA) is 70.3 Å². The first-order chi connectivity index (χ1) is 14.5. The molecule has 8 heteroatoms. The number of hydrogen-bond acceptors (Lipinski definition) is 5. The SMILES string of the molecule is Cn1c(=O)n(Cc2ccccc2)c(=O)c2c(C(=O)OCc3ccc(F)cc3)csc21. The third-order valence-electron chi connectivity index (χ3n) is 4.74. The molecule has 4 rings (SSSR count). The molecule has 0 amide bonds. The van der Waals surface area contributed by atoms with E-state index in [1.165, 1.54) is 34.2 Å². The van der Waals surface area contributed by atoms with Gasteiger partial charge < -0.3 is 4.74 Å². The number of ether oxygens (including phenoxy) is 1. The number of fused-ring (bicyclic) bond motifs is 1. The Morgan fingerprint density at radius 3 is 2.43 bits per heavy atom. The van der Waals surface area contributed by atoms with E-state index in [2.05, 4.69) is 0 Å². The largest absolute Gasteiger partial charge is 0.457 e. The lowest BCUT2D eigenvalue weighted by atomic mass is 10.2. The van der Waals surface area contributed by atoms with Crippen molar-refractivity contribution in [3.63, 3.8) is 0 Å². The first-order valence-electron chi connectivity index (χ1n) is 9.12. The predicted molar refractivity (Wildman–Crippen MR) is 112 cm³/mol. The van der Waals surface area contributed by atoms with Gasteiger partial charge in [0.25, 0.3) is 5.56 Å². The molecule has 0 spiro atoms. The lowest BCUT2D eigenvalue weighted by Crippen LogP contribution is -2.39. The van der Waals surface area contributed by atoms with E-state index in [1.807, 2.05) is 30.3 Å². The minimum Gasteiger partial charge on any atom is -0.457 e. The van der Waals surface area contributed by atoms with Gasteiger partial charge >= 0.3 is 11.7 Å². The van der Waals surface area contributed by atoms with Crippen LogP contribution in [0.4, 0.5) is 4.39 Å². The van der Waals surface area contributed by atoms with E-state index in [0.717, 1.165) is 21.5 Å². The Balaban J connectivity index is 1.71. The van der Waals surface area contributed by atoms with Gasteiger partial charge in [-0.2, -0.15) is 0 Å². The van der Waals surface area contributed by atoms with Crippen molar-refractivity contribution in [1.29, 1.82) is 0 Å². The Labute approximate surface area is 174 Å². The summed E-state index contributed by atoms with van der Waals surface area (Å²) in [5.74, 6) is -1.05. The molecule has 0 fully saturated rings. The molecule has 2 heterocycles. The molecule has 0 saturated carbocycles. The number of rotatable bonds is 5. The molecule has 0 atom stereocenters. The van der Waals surface area contributed by atoms with Gasteiger partial charge in [0, 0.05) is 12.4 Å². The zero-order valence-electron chi connectivity index (χ0n) is 16.0. The van der Waals surface area contributed by atoms with E-state index in [9.17, 15) is 18.8 Å². The molecule has 0 aliphatic rings. The maximum Gasteiger partial charge on any atom is 0.340 e. The summed E-state index contributed by atoms with van der Waals surface area (Å²) in [7, 11) is 1.57. The molecule has 6 nitrogen and oxygen atoms in total. The third kappa shape index (κ3) is 3.69. The highest BCUT2D eigenvalue weighted by Gasteiger charge is 2.21. The number of halogens is 1. The van der Waals surface area contributed by atoms with Gasteiger partial charge in [-0.15, -0.1) is 11.3 Å². The molecule has 30 heavy (non-hydrogen) atoms. The van der Waals surface area contributed by atoms with Gasteiger partial charge in [0.05, 0.1) is 17.5 Å². The highest BCUT2D eigenvalue weighted by Crippen LogP contribution is 2.23. The van der Waals surface area contributed by atoms with Crippen molar-refractivity contribution in [1.82, 2.24) is 9.13 Å². The molecule has 0 unspecified atom stereocenters. The molecule has 0 radical (unpaired) electrons. The van der Waals surface area contributed by atoms with Crippen LogP contribution in [-0.2, 0) is 24.9 Å². The molecule has 0 saturated heterocycles. The van der Waals surface area contributed by atoms with Crippen molar-refractivity contribution in [2.45, 2.75) is 13.2 Å². The number of carbonyl (C=O) groups is 1. The Morgan fingerprint density at radius 1 is 1.03 bits per heavy atom. The number of nitrogens with zero attached hydrogens (tertiary/aromatic N) is 2. The number of thiophene rings is 1. The van der Waals surface area contributed by atoms with Crippen LogP contribution in [0.25, 0.3) is 10.2 Å². The van der Waals surface area contributed by atoms with E-state index >= 15 is 0 Å². The summed E-state index contributed by atoms with van der Waals surface area (Å²) in [6, 6.07) is 14.7. The Hall–Kier alpha value is -3.52. The number of aryl methyl sites for hydroxylation is 1. The predicted octanol–water partition coefficient (Wildman–Crippen LogP) is 3.31. The number of benzene rings is 2. The van der Waals surface area contributed by atoms with Crippen molar-refractivity contribution in [3.05, 3.63) is 103 Å². The standard InChI is InChI=1S/C22H17FN2O4S/c1-24-20-18(19(26)25(22(24)28)11-14-5-3-2-4-6-14)17(13-30-20)21(27)29-12-15-7-9-16(23)10-8-15/h2-10,13H,11-12H2,1H3. The molecule has 2 aromatic carbocycles. The van der Waals surface area contributed by atoms with Gasteiger partial charge in [0.15, 0.2) is 0 Å². The Kier molecular flexibility index (Phi) is 5.33. The minimum absolute atomic E-state index is 0.0551. The first kappa shape index (κ1) is 19.8. The van der Waals surface area contributed by atoms with Crippen molar-refractivity contribution in [2.24, 2.45) is 7.05 Å². The fourth-order valence-corrected chi connectivity index (χ4v) is 4.15. The molecule has 0 aliphatic heterocycles. The lowest BCUT2D eigenvalue weighted by Gasteiger charge is -2.09. The van der Waals surface area contributed by atoms with Gasteiger partial charge in [-0.05, 0) is 23.3 Å². The second-order valence-electron chi connectivity index (χ2n) is 6.75. The smallest absolute Gasteiger partial charge is 0.340 e. The zero-order chi connectivity index (χ0) is 21.3. The van der Waals surface area contributed by atoms with E-state index in [0.29, 0.717) is 10.4 Å². The molecule has 152 valence electrons. The Bertz CT molecular complexity index is 1340. The van der Waals surface area contributed by atoms with Crippen molar-refractivity contribution in [3.8, 4) is 0 Å². The molecule has 2 aromatic heterocycles. The summed E-state index contributed by atoms with van der Waals surface area (Å²) in [6.07, 6.45) is 0. The summed E-state index contributed by atoms with van der Waals surface area (Å²) in [5, 5.41) is 1.67. The van der Waals surface area contributed by atoms with E-state index < -0.39 is 17.2 Å². The van der Waals surface area contributed by atoms with Gasteiger partial charge in [0.2, 0.25) is 0 Å². The van der Waals surface area contributed by atoms with Gasteiger partial charge in [0.1, 0.15) is 17.3 Å². The lowest BCUT2D eigenvalue weighted by molar-refractivity contribution is 0.0475. The quantitative estimate of drug-likeness (QED) is 0.461. The molecule has 0 N–H and O–H groups in total. The minimum atomic E-state index is -0.674. The van der Waals surface area contributed by atoms with Crippen molar-refractivity contribution in [2.75, 3.05) is 0 Å². The first-order valence-corrected chi connectivity index (χ1v) is 10.00. The summed E-state index contributed by atoms with van der Waals surface area (Å²) in [4.78, 5) is 38.9. The average Bonchev–Trinajstić information content (AvgIpc) is 3.21. The zero-order valence-corrected chi connectivity index (χ0v) is 16.8. The van der Waals surface area contributed by atoms with Gasteiger partial charge in [-0.25, -0.2) is 14.0 Å². The third-order valence-corrected chi connectivity index (χ3v) is 5.79. The summed E-state index contributed by atoms with van der Waals surface area (Å²) >= 11 is 1.14. The number of aromatic nitrogens is 2. The van der Waals surface area contributed by atoms with Crippen LogP contribution in [0, 0.1) is 5.82 Å². The van der Waals surface area contributed by atoms with Crippen LogP contribution in [0.3, 0.4) is 0 Å². The van der Waals surface area contributed by atoms with Crippen LogP contribution >= 0.6 is 11.3 Å². The maximum atomic E-state index is 13.1. The van der Waals surface area contributed by atoms with Crippen LogP contribution in [0.15, 0.2) is 69.6 Å². The monoisotopic (exact) mass is 424 g/mol. The summed E-state index contributed by atoms with van der Waals surface area (Å²) in [5.41, 5.74) is 0.542. The second-order valence-corrected chi connectivity index (χ2v) is 7.61. The Morgan fingerprint density at radius 2 is 1.73 bits per heavy atom. The van der Waals surface area contributed by atoms with Crippen LogP contribution in [-0.4, -0.2) is 15.1 Å². The van der Waals surface area contributed by atoms with E-state index in [-0.39, 0.29) is 29.9 Å². The summed E-state index contributed by atoms with van der Waals surface area (Å²) in [6.45, 7) is 0.0443. The van der Waals surface area contributed by atoms with Crippen LogP contribution in [0.2, 0.25) is 0 Å². The van der Waals surface area contributed by atoms with Crippen molar-refractivity contribution < 1.29 is 13.9 Å². The number of esters is 1. The van der Waals surface area contributed by atoms with Crippen molar-refractivity contribution >= 4 is 27.5 Å². The highest BCUT2D eigenvalue weighted by atomic mass is 32.1. The molecular formula is C22H17FN2O4S. The highest BCUT2D eigenvalue weighted by molar-refractivity contribution is 7.17. The van der Waals surface area contributed by atoms with E-state index in [4.69, 9.17) is 4.74 Å². The van der Waals surface area contributed by atoms with Gasteiger partial charge in [-0.1, -0.05) is 42.5 Å². The van der Waals surface area contributed by atoms with Gasteiger partial charge in [-0.3, -0.25) is 13.9 Å². The molecule has 0 bridgehead atoms. The number of hydrogen-bond donors (Lipinski definition) is 0. The normalized spacial score (nSPS) is 11.0. The number of carbonyl (C=O) groups excluding carboxylic acids is 1. The maximum absolute atomic E-state index is 13.1. The van der Waals surface area contributed by atoms with Crippen LogP contribution < -0.4 is 11.2 Å². The second kappa shape index (κ2) is 8.08. The van der Waals surface area contributed by atoms with Crippen LogP contribution in [0.1, 0.15) is 21.5 Å². The summed E-state index contributed by atoms with van der Waals surface area (Å²) < 4.78 is 20.8. The fraction of sp³-hybridized carbons (Fsp3) is 0.136. The molecule has 0 aliphatic carbocycles. The van der Waals surface area contributed by atoms with Crippen LogP contribution in [0.5, 0.6) is 0 Å². The average molecular weight is 424 g/mol.